The standard InChI is InChI=1S/C19H25BrN2O2/c1-12(23)19(22-13(2)21)17-10-15(20)5-4-14(17)11-18(19)8-6-16(24-3)7-9-18/h4-5,10,16H,6-9,11H2,1-3H3,(H2,21,22). The van der Waals surface area contributed by atoms with Crippen LogP contribution >= 0.6 is 15.9 Å². The molecule has 2 aliphatic carbocycles. The normalized spacial score (nSPS) is 32.8. The molecule has 130 valence electrons. The monoisotopic (exact) mass is 392 g/mol. The fourth-order valence-electron chi connectivity index (χ4n) is 4.82. The fraction of sp³-hybridized carbons (Fsp3) is 0.579. The molecular weight excluding hydrogens is 368 g/mol. The minimum Gasteiger partial charge on any atom is -0.388 e. The van der Waals surface area contributed by atoms with Gasteiger partial charge in [-0.25, -0.2) is 0 Å². The summed E-state index contributed by atoms with van der Waals surface area (Å²) in [4.78, 5) is 17.8. The van der Waals surface area contributed by atoms with E-state index in [0.29, 0.717) is 5.84 Å². The maximum atomic E-state index is 13.0. The Morgan fingerprint density at radius 2 is 2.00 bits per heavy atom. The van der Waals surface area contributed by atoms with Crippen molar-refractivity contribution in [2.75, 3.05) is 7.11 Å². The Morgan fingerprint density at radius 3 is 2.54 bits per heavy atom. The predicted molar refractivity (Wildman–Crippen MR) is 99.2 cm³/mol. The molecule has 5 heteroatoms. The first-order valence-corrected chi connectivity index (χ1v) is 9.28. The number of Topliss-reactive ketones (excluding diaryl/α,β-unsaturated/α-hetero) is 1. The van der Waals surface area contributed by atoms with Gasteiger partial charge in [0.2, 0.25) is 0 Å². The summed E-state index contributed by atoms with van der Waals surface area (Å²) in [6, 6.07) is 6.22. The van der Waals surface area contributed by atoms with Crippen LogP contribution in [0.1, 0.15) is 50.7 Å². The lowest BCUT2D eigenvalue weighted by Gasteiger charge is -2.46. The van der Waals surface area contributed by atoms with E-state index in [4.69, 9.17) is 15.5 Å². The average molecular weight is 393 g/mol. The minimum atomic E-state index is -0.871. The lowest BCUT2D eigenvalue weighted by atomic mass is 9.60. The van der Waals surface area contributed by atoms with Gasteiger partial charge in [0.15, 0.2) is 11.3 Å². The van der Waals surface area contributed by atoms with Gasteiger partial charge >= 0.3 is 0 Å². The molecule has 1 unspecified atom stereocenters. The van der Waals surface area contributed by atoms with Crippen LogP contribution in [0.25, 0.3) is 0 Å². The molecule has 1 aromatic carbocycles. The molecule has 1 saturated carbocycles. The molecule has 1 atom stereocenters. The van der Waals surface area contributed by atoms with Gasteiger partial charge in [0.05, 0.1) is 11.9 Å². The van der Waals surface area contributed by atoms with E-state index in [9.17, 15) is 4.79 Å². The Kier molecular flexibility index (Phi) is 4.60. The molecule has 2 N–H and O–H groups in total. The van der Waals surface area contributed by atoms with E-state index < -0.39 is 5.54 Å². The van der Waals surface area contributed by atoms with Crippen molar-refractivity contribution in [3.05, 3.63) is 33.8 Å². The zero-order valence-corrected chi connectivity index (χ0v) is 16.1. The number of benzene rings is 1. The molecular formula is C19H25BrN2O2. The quantitative estimate of drug-likeness (QED) is 0.629. The summed E-state index contributed by atoms with van der Waals surface area (Å²) in [5.41, 5.74) is 7.16. The van der Waals surface area contributed by atoms with E-state index in [1.165, 1.54) is 5.56 Å². The highest BCUT2D eigenvalue weighted by molar-refractivity contribution is 9.10. The molecule has 24 heavy (non-hydrogen) atoms. The number of nitrogens with zero attached hydrogens (tertiary/aromatic N) is 1. The molecule has 0 heterocycles. The minimum absolute atomic E-state index is 0.0833. The zero-order valence-electron chi connectivity index (χ0n) is 14.6. The summed E-state index contributed by atoms with van der Waals surface area (Å²) in [6.07, 6.45) is 4.92. The third kappa shape index (κ3) is 2.53. The third-order valence-corrected chi connectivity index (χ3v) is 6.33. The van der Waals surface area contributed by atoms with E-state index in [-0.39, 0.29) is 17.3 Å². The number of rotatable bonds is 3. The fourth-order valence-corrected chi connectivity index (χ4v) is 5.18. The van der Waals surface area contributed by atoms with Crippen LogP contribution in [-0.2, 0) is 21.5 Å². The van der Waals surface area contributed by atoms with Gasteiger partial charge in [-0.3, -0.25) is 9.79 Å². The van der Waals surface area contributed by atoms with Crippen molar-refractivity contribution in [2.45, 2.75) is 57.6 Å². The van der Waals surface area contributed by atoms with Crippen LogP contribution in [-0.4, -0.2) is 24.8 Å². The van der Waals surface area contributed by atoms with Gasteiger partial charge < -0.3 is 10.5 Å². The van der Waals surface area contributed by atoms with Crippen LogP contribution in [0.5, 0.6) is 0 Å². The number of aliphatic imine (C=N–C) groups is 1. The number of nitrogens with two attached hydrogens (primary N) is 1. The summed E-state index contributed by atoms with van der Waals surface area (Å²) in [7, 11) is 1.77. The van der Waals surface area contributed by atoms with Gasteiger partial charge in [0.1, 0.15) is 0 Å². The van der Waals surface area contributed by atoms with Crippen molar-refractivity contribution >= 4 is 27.5 Å². The highest BCUT2D eigenvalue weighted by Gasteiger charge is 2.61. The number of hydrogen-bond acceptors (Lipinski definition) is 3. The van der Waals surface area contributed by atoms with E-state index in [1.54, 1.807) is 21.0 Å². The summed E-state index contributed by atoms with van der Waals surface area (Å²) in [5.74, 6) is 0.547. The first-order chi connectivity index (χ1) is 11.3. The van der Waals surface area contributed by atoms with Crippen LogP contribution in [0.3, 0.4) is 0 Å². The largest absolute Gasteiger partial charge is 0.388 e. The highest BCUT2D eigenvalue weighted by Crippen LogP contribution is 2.60. The number of carbonyl (C=O) groups is 1. The Bertz CT molecular complexity index is 689. The second-order valence-corrected chi connectivity index (χ2v) is 8.13. The second-order valence-electron chi connectivity index (χ2n) is 7.21. The third-order valence-electron chi connectivity index (χ3n) is 5.83. The van der Waals surface area contributed by atoms with Crippen molar-refractivity contribution in [3.8, 4) is 0 Å². The van der Waals surface area contributed by atoms with Gasteiger partial charge in [0.25, 0.3) is 0 Å². The van der Waals surface area contributed by atoms with Crippen molar-refractivity contribution in [1.29, 1.82) is 0 Å². The Hall–Kier alpha value is -1.20. The Balaban J connectivity index is 2.20. The summed E-state index contributed by atoms with van der Waals surface area (Å²) in [6.45, 7) is 3.43. The average Bonchev–Trinajstić information content (AvgIpc) is 2.78. The number of methoxy groups -OCH3 is 1. The predicted octanol–water partition coefficient (Wildman–Crippen LogP) is 3.74. The van der Waals surface area contributed by atoms with Gasteiger partial charge in [-0.1, -0.05) is 22.0 Å². The molecule has 0 radical (unpaired) electrons. The molecule has 1 aromatic rings. The topological polar surface area (TPSA) is 64.7 Å². The van der Waals surface area contributed by atoms with Crippen LogP contribution in [0, 0.1) is 5.41 Å². The number of fused-ring (bicyclic) bond motifs is 1. The smallest absolute Gasteiger partial charge is 0.162 e. The van der Waals surface area contributed by atoms with Crippen LogP contribution in [0.2, 0.25) is 0 Å². The van der Waals surface area contributed by atoms with Gasteiger partial charge in [-0.05, 0) is 69.2 Å². The van der Waals surface area contributed by atoms with E-state index in [0.717, 1.165) is 42.1 Å². The van der Waals surface area contributed by atoms with Gasteiger partial charge in [0, 0.05) is 17.0 Å². The van der Waals surface area contributed by atoms with Crippen molar-refractivity contribution < 1.29 is 9.53 Å². The maximum Gasteiger partial charge on any atom is 0.162 e. The maximum absolute atomic E-state index is 13.0. The molecule has 1 spiro atoms. The Labute approximate surface area is 152 Å². The van der Waals surface area contributed by atoms with Crippen molar-refractivity contribution in [3.63, 3.8) is 0 Å². The molecule has 4 nitrogen and oxygen atoms in total. The zero-order chi connectivity index (χ0) is 17.5. The number of hydrogen-bond donors (Lipinski definition) is 1. The molecule has 3 rings (SSSR count). The SMILES string of the molecule is COC1CCC2(CC1)Cc1ccc(Br)cc1C2(N=C(C)N)C(C)=O. The summed E-state index contributed by atoms with van der Waals surface area (Å²) < 4.78 is 6.52. The van der Waals surface area contributed by atoms with E-state index in [2.05, 4.69) is 28.1 Å². The molecule has 0 saturated heterocycles. The van der Waals surface area contributed by atoms with E-state index >= 15 is 0 Å². The van der Waals surface area contributed by atoms with Gasteiger partial charge in [-0.15, -0.1) is 0 Å². The number of amidine groups is 1. The van der Waals surface area contributed by atoms with E-state index in [1.807, 2.05) is 6.07 Å². The summed E-state index contributed by atoms with van der Waals surface area (Å²) in [5, 5.41) is 0. The number of carbonyl (C=O) groups excluding carboxylic acids is 1. The molecule has 1 fully saturated rings. The first kappa shape index (κ1) is 17.6. The lowest BCUT2D eigenvalue weighted by molar-refractivity contribution is -0.129. The Morgan fingerprint density at radius 1 is 1.33 bits per heavy atom. The van der Waals surface area contributed by atoms with Crippen LogP contribution in [0.15, 0.2) is 27.7 Å². The van der Waals surface area contributed by atoms with Gasteiger partial charge in [-0.2, -0.15) is 0 Å². The van der Waals surface area contributed by atoms with Crippen LogP contribution < -0.4 is 5.73 Å². The highest BCUT2D eigenvalue weighted by atomic mass is 79.9. The number of halogens is 1. The molecule has 0 amide bonds. The lowest BCUT2D eigenvalue weighted by Crippen LogP contribution is -2.50. The molecule has 0 aliphatic heterocycles. The number of ketones is 1. The second kappa shape index (κ2) is 6.26. The van der Waals surface area contributed by atoms with Crippen molar-refractivity contribution in [1.82, 2.24) is 0 Å². The molecule has 2 aliphatic rings. The van der Waals surface area contributed by atoms with Crippen molar-refractivity contribution in [2.24, 2.45) is 16.1 Å². The molecule has 0 aromatic heterocycles. The van der Waals surface area contributed by atoms with Crippen LogP contribution in [0.4, 0.5) is 0 Å². The number of ether oxygens (including phenoxy) is 1. The molecule has 0 bridgehead atoms. The summed E-state index contributed by atoms with van der Waals surface area (Å²) >= 11 is 3.55. The first-order valence-electron chi connectivity index (χ1n) is 8.49.